The summed E-state index contributed by atoms with van der Waals surface area (Å²) in [6, 6.07) is 1.82. The first-order valence-electron chi connectivity index (χ1n) is 3.49. The highest BCUT2D eigenvalue weighted by atomic mass is 19.1. The Balaban J connectivity index is 3.58. The van der Waals surface area contributed by atoms with Gasteiger partial charge in [0.15, 0.2) is 0 Å². The number of aromatic carboxylic acids is 2. The zero-order valence-corrected chi connectivity index (χ0v) is 6.82. The highest BCUT2D eigenvalue weighted by Gasteiger charge is 2.23. The fourth-order valence-corrected chi connectivity index (χ4v) is 1.03. The molecule has 6 heteroatoms. The summed E-state index contributed by atoms with van der Waals surface area (Å²) in [4.78, 5) is 21.1. The number of halogens is 1. The molecular weight excluding hydrogens is 193 g/mol. The topological polar surface area (TPSA) is 101 Å². The molecule has 14 heavy (non-hydrogen) atoms. The van der Waals surface area contributed by atoms with Gasteiger partial charge in [0.2, 0.25) is 0 Å². The van der Waals surface area contributed by atoms with Crippen LogP contribution >= 0.6 is 0 Å². The molecule has 0 atom stereocenters. The molecule has 0 fully saturated rings. The van der Waals surface area contributed by atoms with E-state index in [1.807, 2.05) is 0 Å². The number of benzene rings is 1. The van der Waals surface area contributed by atoms with Crippen molar-refractivity contribution in [3.05, 3.63) is 29.1 Å². The first kappa shape index (κ1) is 9.97. The van der Waals surface area contributed by atoms with Gasteiger partial charge in [0.25, 0.3) is 0 Å². The molecule has 0 aromatic heterocycles. The number of anilines is 1. The smallest absolute Gasteiger partial charge is 0.339 e. The lowest BCUT2D eigenvalue weighted by molar-refractivity contribution is 0.0648. The van der Waals surface area contributed by atoms with Crippen molar-refractivity contribution in [2.24, 2.45) is 0 Å². The SMILES string of the molecule is Nc1ccc(F)c(C(=O)O)c1C(=O)O. The van der Waals surface area contributed by atoms with Crippen molar-refractivity contribution in [1.82, 2.24) is 0 Å². The van der Waals surface area contributed by atoms with Crippen molar-refractivity contribution in [3.8, 4) is 0 Å². The average Bonchev–Trinajstić information content (AvgIpc) is 2.07. The van der Waals surface area contributed by atoms with Gasteiger partial charge in [0.05, 0.1) is 5.56 Å². The highest BCUT2D eigenvalue weighted by molar-refractivity contribution is 6.05. The van der Waals surface area contributed by atoms with Crippen LogP contribution in [0.3, 0.4) is 0 Å². The van der Waals surface area contributed by atoms with Crippen LogP contribution in [0, 0.1) is 5.82 Å². The summed E-state index contributed by atoms with van der Waals surface area (Å²) < 4.78 is 12.9. The van der Waals surface area contributed by atoms with E-state index >= 15 is 0 Å². The van der Waals surface area contributed by atoms with Crippen molar-refractivity contribution < 1.29 is 24.2 Å². The maximum absolute atomic E-state index is 12.9. The van der Waals surface area contributed by atoms with Gasteiger partial charge in [0.1, 0.15) is 11.4 Å². The van der Waals surface area contributed by atoms with Crippen molar-refractivity contribution in [2.45, 2.75) is 0 Å². The van der Waals surface area contributed by atoms with Crippen molar-refractivity contribution >= 4 is 17.6 Å². The van der Waals surface area contributed by atoms with Crippen molar-refractivity contribution in [2.75, 3.05) is 5.73 Å². The predicted molar refractivity (Wildman–Crippen MR) is 44.7 cm³/mol. The third kappa shape index (κ3) is 1.49. The molecule has 0 spiro atoms. The summed E-state index contributed by atoms with van der Waals surface area (Å²) in [7, 11) is 0. The molecule has 1 rings (SSSR count). The van der Waals surface area contributed by atoms with Gasteiger partial charge in [-0.2, -0.15) is 0 Å². The predicted octanol–water partition coefficient (Wildman–Crippen LogP) is 0.804. The zero-order valence-electron chi connectivity index (χ0n) is 6.82. The Labute approximate surface area is 77.6 Å². The number of carboxylic acid groups (broad SMARTS) is 2. The molecule has 1 aromatic rings. The maximum Gasteiger partial charge on any atom is 0.339 e. The quantitative estimate of drug-likeness (QED) is 0.611. The van der Waals surface area contributed by atoms with Gasteiger partial charge in [-0.05, 0) is 12.1 Å². The summed E-state index contributed by atoms with van der Waals surface area (Å²) in [6.07, 6.45) is 0. The van der Waals surface area contributed by atoms with E-state index in [-0.39, 0.29) is 5.69 Å². The molecule has 74 valence electrons. The summed E-state index contributed by atoms with van der Waals surface area (Å²) in [5, 5.41) is 17.2. The molecule has 0 unspecified atom stereocenters. The van der Waals surface area contributed by atoms with Crippen LogP contribution < -0.4 is 5.73 Å². The second-order valence-corrected chi connectivity index (χ2v) is 2.50. The van der Waals surface area contributed by atoms with Crippen LogP contribution in [-0.2, 0) is 0 Å². The molecule has 0 saturated heterocycles. The highest BCUT2D eigenvalue weighted by Crippen LogP contribution is 2.20. The Morgan fingerprint density at radius 1 is 1.14 bits per heavy atom. The largest absolute Gasteiger partial charge is 0.478 e. The van der Waals surface area contributed by atoms with Crippen LogP contribution in [-0.4, -0.2) is 22.2 Å². The second kappa shape index (κ2) is 3.33. The third-order valence-electron chi connectivity index (χ3n) is 1.61. The van der Waals surface area contributed by atoms with Gasteiger partial charge in [-0.1, -0.05) is 0 Å². The number of hydrogen-bond donors (Lipinski definition) is 3. The molecule has 0 aliphatic carbocycles. The Morgan fingerprint density at radius 2 is 1.64 bits per heavy atom. The number of nitrogens with two attached hydrogens (primary N) is 1. The normalized spacial score (nSPS) is 9.79. The van der Waals surface area contributed by atoms with Crippen LogP contribution in [0.4, 0.5) is 10.1 Å². The van der Waals surface area contributed by atoms with E-state index in [0.717, 1.165) is 12.1 Å². The standard InChI is InChI=1S/C8H6FNO4/c9-3-1-2-4(10)6(8(13)14)5(3)7(11)12/h1-2H,10H2,(H,11,12)(H,13,14). The second-order valence-electron chi connectivity index (χ2n) is 2.50. The number of carboxylic acids is 2. The van der Waals surface area contributed by atoms with Gasteiger partial charge in [-0.3, -0.25) is 0 Å². The fraction of sp³-hybridized carbons (Fsp3) is 0. The molecule has 5 nitrogen and oxygen atoms in total. The van der Waals surface area contributed by atoms with Crippen molar-refractivity contribution in [1.29, 1.82) is 0 Å². The minimum Gasteiger partial charge on any atom is -0.478 e. The van der Waals surface area contributed by atoms with E-state index in [2.05, 4.69) is 0 Å². The maximum atomic E-state index is 12.9. The molecule has 0 radical (unpaired) electrons. The molecular formula is C8H6FNO4. The lowest BCUT2D eigenvalue weighted by Crippen LogP contribution is -2.13. The van der Waals surface area contributed by atoms with Crippen LogP contribution in [0.5, 0.6) is 0 Å². The van der Waals surface area contributed by atoms with Crippen LogP contribution in [0.1, 0.15) is 20.7 Å². The molecule has 4 N–H and O–H groups in total. The summed E-state index contributed by atoms with van der Waals surface area (Å²) in [5.74, 6) is -4.35. The third-order valence-corrected chi connectivity index (χ3v) is 1.61. The van der Waals surface area contributed by atoms with Gasteiger partial charge in [-0.15, -0.1) is 0 Å². The first-order valence-corrected chi connectivity index (χ1v) is 3.49. The van der Waals surface area contributed by atoms with Crippen LogP contribution in [0.2, 0.25) is 0 Å². The van der Waals surface area contributed by atoms with E-state index in [1.165, 1.54) is 0 Å². The number of nitrogen functional groups attached to an aromatic ring is 1. The molecule has 0 amide bonds. The average molecular weight is 199 g/mol. The van der Waals surface area contributed by atoms with Gasteiger partial charge < -0.3 is 15.9 Å². The first-order chi connectivity index (χ1) is 6.45. The number of rotatable bonds is 2. The van der Waals surface area contributed by atoms with Gasteiger partial charge >= 0.3 is 11.9 Å². The van der Waals surface area contributed by atoms with Gasteiger partial charge in [-0.25, -0.2) is 14.0 Å². The molecule has 0 aliphatic rings. The van der Waals surface area contributed by atoms with E-state index in [9.17, 15) is 14.0 Å². The summed E-state index contributed by atoms with van der Waals surface area (Å²) >= 11 is 0. The Bertz CT molecular complexity index is 377. The molecule has 0 aliphatic heterocycles. The zero-order chi connectivity index (χ0) is 10.9. The Morgan fingerprint density at radius 3 is 2.00 bits per heavy atom. The number of carbonyl (C=O) groups is 2. The number of hydrogen-bond acceptors (Lipinski definition) is 3. The minimum atomic E-state index is -1.66. The fourth-order valence-electron chi connectivity index (χ4n) is 1.03. The monoisotopic (exact) mass is 199 g/mol. The Hall–Kier alpha value is -2.11. The Kier molecular flexibility index (Phi) is 2.37. The van der Waals surface area contributed by atoms with Crippen LogP contribution in [0.15, 0.2) is 12.1 Å². The molecule has 0 saturated carbocycles. The van der Waals surface area contributed by atoms with E-state index in [0.29, 0.717) is 0 Å². The van der Waals surface area contributed by atoms with E-state index < -0.39 is 28.9 Å². The van der Waals surface area contributed by atoms with E-state index in [4.69, 9.17) is 15.9 Å². The summed E-state index contributed by atoms with van der Waals surface area (Å²) in [6.45, 7) is 0. The molecule has 0 bridgehead atoms. The van der Waals surface area contributed by atoms with E-state index in [1.54, 1.807) is 0 Å². The summed E-state index contributed by atoms with van der Waals surface area (Å²) in [5.41, 5.74) is 3.29. The minimum absolute atomic E-state index is 0.281. The lowest BCUT2D eigenvalue weighted by Gasteiger charge is -2.05. The van der Waals surface area contributed by atoms with Gasteiger partial charge in [0, 0.05) is 5.69 Å². The lowest BCUT2D eigenvalue weighted by atomic mass is 10.1. The molecule has 0 heterocycles. The molecule has 1 aromatic carbocycles. The van der Waals surface area contributed by atoms with Crippen molar-refractivity contribution in [3.63, 3.8) is 0 Å². The van der Waals surface area contributed by atoms with Crippen LogP contribution in [0.25, 0.3) is 0 Å².